The highest BCUT2D eigenvalue weighted by atomic mass is 32.2. The van der Waals surface area contributed by atoms with Gasteiger partial charge in [0.15, 0.2) is 10.7 Å². The van der Waals surface area contributed by atoms with Crippen molar-refractivity contribution in [3.63, 3.8) is 0 Å². The molecular weight excluding hydrogens is 525 g/mol. The number of aryl methyl sites for hydroxylation is 1. The minimum absolute atomic E-state index is 0.00361. The number of aliphatic hydroxyl groups is 1. The van der Waals surface area contributed by atoms with Gasteiger partial charge in [0.05, 0.1) is 18.3 Å². The van der Waals surface area contributed by atoms with Crippen LogP contribution in [0.25, 0.3) is 0 Å². The maximum Gasteiger partial charge on any atom is 0.419 e. The largest absolute Gasteiger partial charge is 0.588 e. The van der Waals surface area contributed by atoms with Crippen LogP contribution >= 0.6 is 0 Å². The Morgan fingerprint density at radius 3 is 2.43 bits per heavy atom. The number of hydrogen-bond acceptors (Lipinski definition) is 6. The number of nitrogens with zero attached hydrogens (tertiary/aromatic N) is 2. The molecule has 0 saturated carbocycles. The first-order valence-corrected chi connectivity index (χ1v) is 11.4. The van der Waals surface area contributed by atoms with Crippen molar-refractivity contribution in [1.29, 1.82) is 0 Å². The topological polar surface area (TPSA) is 115 Å². The monoisotopic (exact) mass is 543 g/mol. The number of amides is 2. The molecule has 2 amide bonds. The third kappa shape index (κ3) is 6.34. The van der Waals surface area contributed by atoms with E-state index in [4.69, 9.17) is 9.84 Å². The number of anilines is 1. The molecule has 2 N–H and O–H groups in total. The van der Waals surface area contributed by atoms with Crippen LogP contribution in [0.15, 0.2) is 53.4 Å². The van der Waals surface area contributed by atoms with E-state index < -0.39 is 64.6 Å². The van der Waals surface area contributed by atoms with Gasteiger partial charge in [-0.2, -0.15) is 21.9 Å². The summed E-state index contributed by atoms with van der Waals surface area (Å²) in [7, 11) is 1.16. The smallest absolute Gasteiger partial charge is 0.419 e. The molecule has 3 aromatic rings. The lowest BCUT2D eigenvalue weighted by Crippen LogP contribution is -2.35. The molecule has 1 aromatic heterocycles. The summed E-state index contributed by atoms with van der Waals surface area (Å²) in [5, 5.41) is 11.2. The first-order chi connectivity index (χ1) is 17.3. The van der Waals surface area contributed by atoms with Crippen LogP contribution in [0.5, 0.6) is 11.5 Å². The van der Waals surface area contributed by atoms with E-state index in [1.807, 2.05) is 0 Å². The fraction of sp³-hybridized carbons (Fsp3) is 0.174. The molecule has 0 fully saturated rings. The number of pyridine rings is 1. The van der Waals surface area contributed by atoms with Crippen LogP contribution in [-0.4, -0.2) is 44.4 Å². The number of benzene rings is 2. The molecular formula is C23H18F5N3O5S. The van der Waals surface area contributed by atoms with E-state index in [9.17, 15) is 31.7 Å². The number of halogens is 5. The molecule has 0 radical (unpaired) electrons. The van der Waals surface area contributed by atoms with Gasteiger partial charge in [-0.1, -0.05) is 6.07 Å². The average molecular weight is 543 g/mol. The van der Waals surface area contributed by atoms with Gasteiger partial charge in [0.2, 0.25) is 5.95 Å². The van der Waals surface area contributed by atoms with E-state index in [1.165, 1.54) is 25.1 Å². The highest BCUT2D eigenvalue weighted by Crippen LogP contribution is 2.38. The number of hydrogen-bond donors (Lipinski definition) is 2. The Kier molecular flexibility index (Phi) is 8.35. The quantitative estimate of drug-likeness (QED) is 0.262. The lowest BCUT2D eigenvalue weighted by atomic mass is 10.1. The SMILES string of the molecule is Cc1nc(F)ccc1Oc1ccc(C(F)(F)F)c(F)c1C(=O)Nc1cccc([S@@+]([O-])N(C)C(=O)CO)c1. The average Bonchev–Trinajstić information content (AvgIpc) is 2.83. The van der Waals surface area contributed by atoms with Crippen LogP contribution in [-0.2, 0) is 22.3 Å². The van der Waals surface area contributed by atoms with E-state index in [2.05, 4.69) is 10.3 Å². The van der Waals surface area contributed by atoms with Gasteiger partial charge in [0, 0.05) is 11.8 Å². The molecule has 0 spiro atoms. The van der Waals surface area contributed by atoms with Crippen LogP contribution in [0.1, 0.15) is 21.6 Å². The number of carbonyl (C=O) groups is 2. The highest BCUT2D eigenvalue weighted by molar-refractivity contribution is 7.89. The molecule has 0 unspecified atom stereocenters. The Bertz CT molecular complexity index is 1340. The van der Waals surface area contributed by atoms with E-state index in [0.717, 1.165) is 35.6 Å². The van der Waals surface area contributed by atoms with Gasteiger partial charge in [-0.05, 0) is 43.3 Å². The van der Waals surface area contributed by atoms with Crippen molar-refractivity contribution < 1.29 is 45.9 Å². The zero-order valence-electron chi connectivity index (χ0n) is 19.1. The number of aromatic nitrogens is 1. The summed E-state index contributed by atoms with van der Waals surface area (Å²) in [6, 6.07) is 8.24. The maximum atomic E-state index is 15.0. The maximum absolute atomic E-state index is 15.0. The summed E-state index contributed by atoms with van der Waals surface area (Å²) >= 11 is -2.10. The van der Waals surface area contributed by atoms with Gasteiger partial charge in [-0.25, -0.2) is 9.37 Å². The van der Waals surface area contributed by atoms with Crippen molar-refractivity contribution in [2.75, 3.05) is 19.0 Å². The van der Waals surface area contributed by atoms with Crippen LogP contribution in [0.3, 0.4) is 0 Å². The Labute approximate surface area is 210 Å². The third-order valence-corrected chi connectivity index (χ3v) is 6.25. The molecule has 196 valence electrons. The van der Waals surface area contributed by atoms with E-state index >= 15 is 4.39 Å². The summed E-state index contributed by atoms with van der Waals surface area (Å²) in [6.07, 6.45) is -5.13. The molecule has 0 aliphatic rings. The first-order valence-electron chi connectivity index (χ1n) is 10.2. The van der Waals surface area contributed by atoms with Gasteiger partial charge in [0.25, 0.3) is 11.8 Å². The Hall–Kier alpha value is -3.75. The fourth-order valence-corrected chi connectivity index (χ4v) is 4.03. The number of alkyl halides is 3. The van der Waals surface area contributed by atoms with E-state index in [-0.39, 0.29) is 22.0 Å². The second-order valence-corrected chi connectivity index (χ2v) is 8.92. The minimum atomic E-state index is -5.13. The fourth-order valence-electron chi connectivity index (χ4n) is 3.04. The predicted octanol–water partition coefficient (Wildman–Crippen LogP) is 4.20. The summed E-state index contributed by atoms with van der Waals surface area (Å²) in [6.45, 7) is 0.433. The molecule has 8 nitrogen and oxygen atoms in total. The zero-order valence-corrected chi connectivity index (χ0v) is 19.9. The van der Waals surface area contributed by atoms with E-state index in [1.54, 1.807) is 0 Å². The molecule has 37 heavy (non-hydrogen) atoms. The van der Waals surface area contributed by atoms with Gasteiger partial charge in [-0.3, -0.25) is 9.59 Å². The van der Waals surface area contributed by atoms with Gasteiger partial charge < -0.3 is 19.7 Å². The lowest BCUT2D eigenvalue weighted by molar-refractivity contribution is -0.140. The standard InChI is InChI=1S/C23H18F5N3O5S/c1-12-16(8-9-18(24)29-12)36-17-7-6-15(23(26,27)28)21(25)20(17)22(34)30-13-4-3-5-14(10-13)37(35)31(2)19(33)11-32/h3-10,32H,11H2,1-2H3,(H,30,34)/t37-/m1/s1. The molecule has 14 heteroatoms. The summed E-state index contributed by atoms with van der Waals surface area (Å²) < 4.78 is 87.1. The zero-order chi connectivity index (χ0) is 27.5. The number of aliphatic hydroxyl groups excluding tert-OH is 1. The predicted molar refractivity (Wildman–Crippen MR) is 121 cm³/mol. The van der Waals surface area contributed by atoms with Gasteiger partial charge in [-0.15, -0.1) is 0 Å². The molecule has 0 aliphatic carbocycles. The Morgan fingerprint density at radius 2 is 1.81 bits per heavy atom. The van der Waals surface area contributed by atoms with Crippen molar-refractivity contribution in [3.8, 4) is 11.5 Å². The Morgan fingerprint density at radius 1 is 1.14 bits per heavy atom. The Balaban J connectivity index is 2.00. The second kappa shape index (κ2) is 11.1. The normalized spacial score (nSPS) is 12.1. The summed E-state index contributed by atoms with van der Waals surface area (Å²) in [5.74, 6) is -5.70. The van der Waals surface area contributed by atoms with E-state index in [0.29, 0.717) is 6.07 Å². The molecule has 2 aromatic carbocycles. The minimum Gasteiger partial charge on any atom is -0.588 e. The van der Waals surface area contributed by atoms with Crippen LogP contribution < -0.4 is 10.1 Å². The summed E-state index contributed by atoms with van der Waals surface area (Å²) in [5.41, 5.74) is -2.93. The number of rotatable bonds is 7. The first kappa shape index (κ1) is 27.8. The second-order valence-electron chi connectivity index (χ2n) is 7.40. The molecule has 1 atom stereocenters. The van der Waals surface area contributed by atoms with Crippen LogP contribution in [0.2, 0.25) is 0 Å². The summed E-state index contributed by atoms with van der Waals surface area (Å²) in [4.78, 5) is 28.1. The number of nitrogens with one attached hydrogen (secondary N) is 1. The third-order valence-electron chi connectivity index (χ3n) is 4.89. The van der Waals surface area contributed by atoms with Crippen molar-refractivity contribution in [2.45, 2.75) is 18.0 Å². The molecule has 0 saturated heterocycles. The number of ether oxygens (including phenoxy) is 1. The molecule has 1 heterocycles. The molecule has 3 rings (SSSR count). The van der Waals surface area contributed by atoms with Crippen molar-refractivity contribution in [1.82, 2.24) is 9.29 Å². The molecule has 0 aliphatic heterocycles. The van der Waals surface area contributed by atoms with Crippen molar-refractivity contribution in [3.05, 3.63) is 77.1 Å². The number of carbonyl (C=O) groups excluding carboxylic acids is 2. The van der Waals surface area contributed by atoms with Crippen molar-refractivity contribution >= 4 is 28.9 Å². The highest BCUT2D eigenvalue weighted by Gasteiger charge is 2.37. The van der Waals surface area contributed by atoms with Crippen molar-refractivity contribution in [2.24, 2.45) is 0 Å². The lowest BCUT2D eigenvalue weighted by Gasteiger charge is -2.19. The number of likely N-dealkylation sites (N-methyl/N-ethyl adjacent to an activating group) is 1. The molecule has 0 bridgehead atoms. The van der Waals surface area contributed by atoms with Crippen LogP contribution in [0.4, 0.5) is 27.6 Å². The van der Waals surface area contributed by atoms with Gasteiger partial charge >= 0.3 is 6.18 Å². The van der Waals surface area contributed by atoms with Crippen LogP contribution in [0, 0.1) is 18.7 Å². The van der Waals surface area contributed by atoms with Gasteiger partial charge in [0.1, 0.15) is 35.0 Å².